The Morgan fingerprint density at radius 3 is 2.62 bits per heavy atom. The van der Waals surface area contributed by atoms with Crippen molar-refractivity contribution in [3.8, 4) is 22.9 Å². The molecule has 0 bridgehead atoms. The number of thioether (sulfide) groups is 1. The Morgan fingerprint density at radius 2 is 1.93 bits per heavy atom. The van der Waals surface area contributed by atoms with Crippen LogP contribution in [0.15, 0.2) is 64.5 Å². The Labute approximate surface area is 169 Å². The van der Waals surface area contributed by atoms with Crippen LogP contribution in [0.4, 0.5) is 5.69 Å². The summed E-state index contributed by atoms with van der Waals surface area (Å²) in [5.74, 6) is 1.08. The summed E-state index contributed by atoms with van der Waals surface area (Å²) in [5.41, 5.74) is 2.23. The number of carbonyl (C=O) groups excluding carboxylic acids is 1. The number of hydrogen-bond acceptors (Lipinski definition) is 9. The van der Waals surface area contributed by atoms with Crippen LogP contribution in [-0.4, -0.2) is 49.2 Å². The molecule has 1 amide bonds. The van der Waals surface area contributed by atoms with Crippen molar-refractivity contribution < 1.29 is 13.9 Å². The quantitative estimate of drug-likeness (QED) is 0.459. The van der Waals surface area contributed by atoms with E-state index in [2.05, 4.69) is 31.0 Å². The van der Waals surface area contributed by atoms with Gasteiger partial charge in [-0.3, -0.25) is 4.79 Å². The Kier molecular flexibility index (Phi) is 5.47. The second-order valence-corrected chi connectivity index (χ2v) is 6.67. The van der Waals surface area contributed by atoms with Crippen molar-refractivity contribution >= 4 is 23.4 Å². The monoisotopic (exact) mass is 409 g/mol. The van der Waals surface area contributed by atoms with E-state index in [9.17, 15) is 4.79 Å². The molecule has 0 saturated heterocycles. The lowest BCUT2D eigenvalue weighted by atomic mass is 10.2. The van der Waals surface area contributed by atoms with Gasteiger partial charge in [-0.1, -0.05) is 11.8 Å². The predicted molar refractivity (Wildman–Crippen MR) is 105 cm³/mol. The van der Waals surface area contributed by atoms with Crippen molar-refractivity contribution in [3.05, 3.63) is 54.9 Å². The number of rotatable bonds is 7. The van der Waals surface area contributed by atoms with E-state index in [-0.39, 0.29) is 11.7 Å². The molecular weight excluding hydrogens is 394 g/mol. The maximum Gasteiger partial charge on any atom is 0.277 e. The van der Waals surface area contributed by atoms with Crippen LogP contribution in [0.3, 0.4) is 0 Å². The molecule has 2 aromatic carbocycles. The largest absolute Gasteiger partial charge is 0.497 e. The number of anilines is 1. The van der Waals surface area contributed by atoms with Gasteiger partial charge in [0.2, 0.25) is 11.8 Å². The zero-order valence-corrected chi connectivity index (χ0v) is 16.0. The van der Waals surface area contributed by atoms with Gasteiger partial charge in [0.05, 0.1) is 18.6 Å². The molecule has 2 heterocycles. The van der Waals surface area contributed by atoms with Crippen LogP contribution in [0, 0.1) is 0 Å². The minimum Gasteiger partial charge on any atom is -0.497 e. The molecule has 1 N–H and O–H groups in total. The smallest absolute Gasteiger partial charge is 0.277 e. The lowest BCUT2D eigenvalue weighted by molar-refractivity contribution is -0.113. The van der Waals surface area contributed by atoms with Crippen molar-refractivity contribution in [3.63, 3.8) is 0 Å². The highest BCUT2D eigenvalue weighted by atomic mass is 32.2. The molecule has 0 aliphatic heterocycles. The number of tetrazole rings is 1. The van der Waals surface area contributed by atoms with Gasteiger partial charge in [-0.15, -0.1) is 15.3 Å². The highest BCUT2D eigenvalue weighted by Crippen LogP contribution is 2.25. The second kappa shape index (κ2) is 8.52. The van der Waals surface area contributed by atoms with Gasteiger partial charge in [0.25, 0.3) is 5.22 Å². The number of benzene rings is 2. The molecule has 0 unspecified atom stereocenters. The third-order valence-electron chi connectivity index (χ3n) is 3.83. The topological polar surface area (TPSA) is 121 Å². The van der Waals surface area contributed by atoms with Crippen molar-refractivity contribution in [1.82, 2.24) is 30.4 Å². The lowest BCUT2D eigenvalue weighted by Crippen LogP contribution is -2.14. The number of ether oxygens (including phenoxy) is 1. The predicted octanol–water partition coefficient (Wildman–Crippen LogP) is 2.45. The maximum absolute atomic E-state index is 12.2. The van der Waals surface area contributed by atoms with Gasteiger partial charge in [0.15, 0.2) is 0 Å². The maximum atomic E-state index is 12.2. The Balaban J connectivity index is 1.31. The van der Waals surface area contributed by atoms with E-state index in [1.165, 1.54) is 11.0 Å². The number of methoxy groups -OCH3 is 1. The first kappa shape index (κ1) is 18.6. The number of carbonyl (C=O) groups is 1. The number of aromatic nitrogens is 6. The number of amides is 1. The first-order valence-electron chi connectivity index (χ1n) is 8.45. The molecule has 11 heteroatoms. The summed E-state index contributed by atoms with van der Waals surface area (Å²) in [6.45, 7) is 0. The molecule has 0 aliphatic carbocycles. The van der Waals surface area contributed by atoms with Crippen LogP contribution in [0.2, 0.25) is 0 Å². The van der Waals surface area contributed by atoms with Gasteiger partial charge in [-0.05, 0) is 59.0 Å². The van der Waals surface area contributed by atoms with Crippen LogP contribution in [0.5, 0.6) is 5.75 Å². The highest BCUT2D eigenvalue weighted by Gasteiger charge is 2.12. The van der Waals surface area contributed by atoms with Crippen LogP contribution in [0.1, 0.15) is 0 Å². The average Bonchev–Trinajstić information content (AvgIpc) is 3.45. The first-order valence-corrected chi connectivity index (χ1v) is 9.44. The van der Waals surface area contributed by atoms with Gasteiger partial charge in [0.1, 0.15) is 12.1 Å². The van der Waals surface area contributed by atoms with Crippen molar-refractivity contribution in [2.75, 3.05) is 18.2 Å². The minimum atomic E-state index is -0.186. The molecule has 0 aliphatic rings. The highest BCUT2D eigenvalue weighted by molar-refractivity contribution is 7.99. The molecule has 29 heavy (non-hydrogen) atoms. The zero-order chi connectivity index (χ0) is 20.1. The number of nitrogens with zero attached hydrogens (tertiary/aromatic N) is 6. The summed E-state index contributed by atoms with van der Waals surface area (Å²) >= 11 is 1.16. The third kappa shape index (κ3) is 4.58. The molecule has 4 rings (SSSR count). The summed E-state index contributed by atoms with van der Waals surface area (Å²) in [6.07, 6.45) is 1.49. The molecule has 2 aromatic heterocycles. The number of hydrogen-bond donors (Lipinski definition) is 1. The number of nitrogens with one attached hydrogen (secondary N) is 1. The van der Waals surface area contributed by atoms with Gasteiger partial charge in [-0.2, -0.15) is 0 Å². The molecule has 0 saturated carbocycles. The van der Waals surface area contributed by atoms with E-state index in [1.54, 1.807) is 31.4 Å². The Bertz CT molecular complexity index is 1080. The molecule has 0 radical (unpaired) electrons. The van der Waals surface area contributed by atoms with E-state index < -0.39 is 0 Å². The normalized spacial score (nSPS) is 10.7. The summed E-state index contributed by atoms with van der Waals surface area (Å²) in [6, 6.07) is 14.4. The Morgan fingerprint density at radius 1 is 1.14 bits per heavy atom. The SMILES string of the molecule is COc1ccc(-c2nnc(SCC(=O)Nc3ccc(-n4cnnn4)cc3)o2)cc1. The molecule has 0 atom stereocenters. The van der Waals surface area contributed by atoms with Crippen LogP contribution >= 0.6 is 11.8 Å². The fourth-order valence-electron chi connectivity index (χ4n) is 2.42. The van der Waals surface area contributed by atoms with E-state index in [4.69, 9.17) is 9.15 Å². The molecule has 10 nitrogen and oxygen atoms in total. The Hall–Kier alpha value is -3.73. The van der Waals surface area contributed by atoms with Crippen LogP contribution < -0.4 is 10.1 Å². The van der Waals surface area contributed by atoms with Gasteiger partial charge in [-0.25, -0.2) is 4.68 Å². The van der Waals surface area contributed by atoms with Crippen LogP contribution in [0.25, 0.3) is 17.1 Å². The van der Waals surface area contributed by atoms with E-state index in [1.807, 2.05) is 24.3 Å². The fourth-order valence-corrected chi connectivity index (χ4v) is 2.98. The van der Waals surface area contributed by atoms with E-state index in [0.717, 1.165) is 28.8 Å². The summed E-state index contributed by atoms with van der Waals surface area (Å²) in [7, 11) is 1.60. The van der Waals surface area contributed by atoms with Crippen molar-refractivity contribution in [2.24, 2.45) is 0 Å². The molecule has 146 valence electrons. The average molecular weight is 409 g/mol. The zero-order valence-electron chi connectivity index (χ0n) is 15.2. The summed E-state index contributed by atoms with van der Waals surface area (Å²) in [5, 5.41) is 22.1. The van der Waals surface area contributed by atoms with Gasteiger partial charge >= 0.3 is 0 Å². The second-order valence-electron chi connectivity index (χ2n) is 5.74. The third-order valence-corrected chi connectivity index (χ3v) is 4.65. The molecule has 0 fully saturated rings. The minimum absolute atomic E-state index is 0.138. The van der Waals surface area contributed by atoms with E-state index in [0.29, 0.717) is 16.8 Å². The van der Waals surface area contributed by atoms with Crippen molar-refractivity contribution in [1.29, 1.82) is 0 Å². The lowest BCUT2D eigenvalue weighted by Gasteiger charge is -2.05. The first-order chi connectivity index (χ1) is 14.2. The summed E-state index contributed by atoms with van der Waals surface area (Å²) < 4.78 is 12.2. The van der Waals surface area contributed by atoms with Crippen molar-refractivity contribution in [2.45, 2.75) is 5.22 Å². The standard InChI is InChI=1S/C18H15N7O3S/c1-27-15-8-2-12(3-9-15)17-21-22-18(28-17)29-10-16(26)20-13-4-6-14(7-5-13)25-11-19-23-24-25/h2-9,11H,10H2,1H3,(H,20,26). The van der Waals surface area contributed by atoms with Crippen LogP contribution in [-0.2, 0) is 4.79 Å². The molecule has 4 aromatic rings. The molecule has 0 spiro atoms. The fraction of sp³-hybridized carbons (Fsp3) is 0.111. The molecular formula is C18H15N7O3S. The van der Waals surface area contributed by atoms with Gasteiger partial charge < -0.3 is 14.5 Å². The summed E-state index contributed by atoms with van der Waals surface area (Å²) in [4.78, 5) is 12.2. The van der Waals surface area contributed by atoms with Gasteiger partial charge in [0, 0.05) is 11.3 Å². The van der Waals surface area contributed by atoms with E-state index >= 15 is 0 Å².